The van der Waals surface area contributed by atoms with Gasteiger partial charge >= 0.3 is 6.18 Å². The molecule has 158 valence electrons. The molecule has 1 aromatic carbocycles. The normalized spacial score (nSPS) is 16.1. The van der Waals surface area contributed by atoms with E-state index in [9.17, 15) is 27.9 Å². The van der Waals surface area contributed by atoms with Gasteiger partial charge in [-0.05, 0) is 30.5 Å². The Labute approximate surface area is 161 Å². The lowest BCUT2D eigenvalue weighted by Gasteiger charge is -2.30. The third-order valence-corrected chi connectivity index (χ3v) is 4.11. The first-order chi connectivity index (χ1) is 12.9. The van der Waals surface area contributed by atoms with Crippen LogP contribution in [0.25, 0.3) is 0 Å². The lowest BCUT2D eigenvalue weighted by Crippen LogP contribution is -2.55. The summed E-state index contributed by atoms with van der Waals surface area (Å²) in [6.07, 6.45) is -7.66. The number of nitrogens with one attached hydrogen (secondary N) is 2. The fourth-order valence-electron chi connectivity index (χ4n) is 2.43. The van der Waals surface area contributed by atoms with Crippen molar-refractivity contribution < 1.29 is 32.6 Å². The number of aliphatic hydroxyl groups is 1. The molecule has 0 aliphatic heterocycles. The Morgan fingerprint density at radius 1 is 1.07 bits per heavy atom. The number of halogens is 3. The van der Waals surface area contributed by atoms with Crippen molar-refractivity contribution in [1.82, 2.24) is 10.6 Å². The topological polar surface area (TPSA) is 114 Å². The zero-order valence-electron chi connectivity index (χ0n) is 16.1. The third kappa shape index (κ3) is 6.38. The molecule has 7 nitrogen and oxygen atoms in total. The van der Waals surface area contributed by atoms with E-state index >= 15 is 0 Å². The molecule has 0 saturated carbocycles. The van der Waals surface area contributed by atoms with Crippen molar-refractivity contribution in [3.8, 4) is 5.75 Å². The van der Waals surface area contributed by atoms with E-state index in [1.165, 1.54) is 52.1 Å². The van der Waals surface area contributed by atoms with E-state index in [2.05, 4.69) is 10.6 Å². The molecule has 0 aliphatic carbocycles. The van der Waals surface area contributed by atoms with Gasteiger partial charge in [0.25, 0.3) is 0 Å². The second-order valence-corrected chi connectivity index (χ2v) is 6.77. The Kier molecular flexibility index (Phi) is 8.25. The molecule has 0 bridgehead atoms. The maximum Gasteiger partial charge on any atom is 0.416 e. The maximum atomic E-state index is 12.9. The highest BCUT2D eigenvalue weighted by Gasteiger charge is 2.45. The molecule has 4 atom stereocenters. The van der Waals surface area contributed by atoms with Gasteiger partial charge in [0.1, 0.15) is 11.8 Å². The number of hydrogen-bond acceptors (Lipinski definition) is 5. The van der Waals surface area contributed by atoms with E-state index in [0.717, 1.165) is 0 Å². The summed E-state index contributed by atoms with van der Waals surface area (Å²) in [6.45, 7) is 4.27. The molecule has 0 aliphatic rings. The molecule has 0 spiro atoms. The van der Waals surface area contributed by atoms with Gasteiger partial charge < -0.3 is 26.2 Å². The summed E-state index contributed by atoms with van der Waals surface area (Å²) in [4.78, 5) is 24.7. The Bertz CT molecular complexity index is 663. The predicted octanol–water partition coefficient (Wildman–Crippen LogP) is 1.26. The standard InChI is InChI=1S/C18H26F3N3O4/c1-9(2)13(15(25)18(19,20)21)23-17(27)14(24-16(26)10(3)22)11-5-7-12(28-4)8-6-11/h5-10,13-15,25H,22H2,1-4H3,(H,23,27)(H,24,26)/t10-,13-,14-,15-/m0/s1. The highest BCUT2D eigenvalue weighted by Crippen LogP contribution is 2.26. The molecule has 0 unspecified atom stereocenters. The molecular formula is C18H26F3N3O4. The summed E-state index contributed by atoms with van der Waals surface area (Å²) in [6, 6.07) is 2.24. The van der Waals surface area contributed by atoms with Crippen LogP contribution in [-0.4, -0.2) is 48.4 Å². The van der Waals surface area contributed by atoms with Crippen molar-refractivity contribution in [2.45, 2.75) is 51.2 Å². The van der Waals surface area contributed by atoms with E-state index in [0.29, 0.717) is 11.3 Å². The zero-order valence-corrected chi connectivity index (χ0v) is 16.1. The number of benzene rings is 1. The fourth-order valence-corrected chi connectivity index (χ4v) is 2.43. The van der Waals surface area contributed by atoms with Crippen LogP contribution >= 0.6 is 0 Å². The smallest absolute Gasteiger partial charge is 0.416 e. The van der Waals surface area contributed by atoms with Crippen LogP contribution in [0.4, 0.5) is 13.2 Å². The van der Waals surface area contributed by atoms with E-state index < -0.39 is 48.1 Å². The predicted molar refractivity (Wildman–Crippen MR) is 96.4 cm³/mol. The molecular weight excluding hydrogens is 379 g/mol. The summed E-state index contributed by atoms with van der Waals surface area (Å²) in [5, 5.41) is 14.2. The summed E-state index contributed by atoms with van der Waals surface area (Å²) < 4.78 is 43.8. The number of hydrogen-bond donors (Lipinski definition) is 4. The van der Waals surface area contributed by atoms with Gasteiger partial charge in [-0.1, -0.05) is 26.0 Å². The van der Waals surface area contributed by atoms with Crippen LogP contribution < -0.4 is 21.1 Å². The van der Waals surface area contributed by atoms with Crippen molar-refractivity contribution in [2.75, 3.05) is 7.11 Å². The van der Waals surface area contributed by atoms with Crippen molar-refractivity contribution in [3.63, 3.8) is 0 Å². The SMILES string of the molecule is COc1ccc([C@H](NC(=O)[C@H](C)N)C(=O)N[C@@H](C(C)C)[C@H](O)C(F)(F)F)cc1. The minimum atomic E-state index is -4.91. The number of aliphatic hydroxyl groups excluding tert-OH is 1. The van der Waals surface area contributed by atoms with Crippen molar-refractivity contribution >= 4 is 11.8 Å². The Hall–Kier alpha value is -2.33. The Balaban J connectivity index is 3.16. The molecule has 0 heterocycles. The van der Waals surface area contributed by atoms with Crippen LogP contribution in [0.5, 0.6) is 5.75 Å². The second kappa shape index (κ2) is 9.74. The third-order valence-electron chi connectivity index (χ3n) is 4.11. The molecule has 0 aromatic heterocycles. The molecule has 0 radical (unpaired) electrons. The number of nitrogens with two attached hydrogens (primary N) is 1. The first-order valence-corrected chi connectivity index (χ1v) is 8.63. The van der Waals surface area contributed by atoms with Crippen LogP contribution in [0, 0.1) is 5.92 Å². The van der Waals surface area contributed by atoms with Gasteiger partial charge in [0.2, 0.25) is 11.8 Å². The summed E-state index contributed by atoms with van der Waals surface area (Å²) >= 11 is 0. The summed E-state index contributed by atoms with van der Waals surface area (Å²) in [7, 11) is 1.45. The lowest BCUT2D eigenvalue weighted by atomic mass is 9.96. The average molecular weight is 405 g/mol. The summed E-state index contributed by atoms with van der Waals surface area (Å²) in [5.41, 5.74) is 5.83. The van der Waals surface area contributed by atoms with Gasteiger partial charge in [0.05, 0.1) is 19.2 Å². The monoisotopic (exact) mass is 405 g/mol. The molecule has 1 rings (SSSR count). The first kappa shape index (κ1) is 23.7. The van der Waals surface area contributed by atoms with Gasteiger partial charge in [-0.15, -0.1) is 0 Å². The minimum absolute atomic E-state index is 0.316. The number of ether oxygens (including phenoxy) is 1. The molecule has 0 saturated heterocycles. The van der Waals surface area contributed by atoms with E-state index in [4.69, 9.17) is 10.5 Å². The van der Waals surface area contributed by atoms with Gasteiger partial charge in [0, 0.05) is 0 Å². The second-order valence-electron chi connectivity index (χ2n) is 6.77. The fraction of sp³-hybridized carbons (Fsp3) is 0.556. The molecule has 2 amide bonds. The van der Waals surface area contributed by atoms with Crippen LogP contribution in [0.3, 0.4) is 0 Å². The molecule has 5 N–H and O–H groups in total. The first-order valence-electron chi connectivity index (χ1n) is 8.63. The van der Waals surface area contributed by atoms with E-state index in [-0.39, 0.29) is 0 Å². The molecule has 0 fully saturated rings. The van der Waals surface area contributed by atoms with Gasteiger partial charge in [-0.3, -0.25) is 9.59 Å². The number of carbonyl (C=O) groups excluding carboxylic acids is 2. The van der Waals surface area contributed by atoms with Gasteiger partial charge in [-0.25, -0.2) is 0 Å². The number of carbonyl (C=O) groups is 2. The molecule has 28 heavy (non-hydrogen) atoms. The molecule has 10 heteroatoms. The lowest BCUT2D eigenvalue weighted by molar-refractivity contribution is -0.215. The highest BCUT2D eigenvalue weighted by atomic mass is 19.4. The van der Waals surface area contributed by atoms with Crippen molar-refractivity contribution in [2.24, 2.45) is 11.7 Å². The maximum absolute atomic E-state index is 12.9. The zero-order chi connectivity index (χ0) is 21.6. The van der Waals surface area contributed by atoms with Crippen molar-refractivity contribution in [3.05, 3.63) is 29.8 Å². The van der Waals surface area contributed by atoms with Crippen LogP contribution in [-0.2, 0) is 9.59 Å². The number of rotatable bonds is 8. The summed E-state index contributed by atoms with van der Waals surface area (Å²) in [5.74, 6) is -1.79. The van der Waals surface area contributed by atoms with E-state index in [1.54, 1.807) is 0 Å². The van der Waals surface area contributed by atoms with Crippen molar-refractivity contribution in [1.29, 1.82) is 0 Å². The minimum Gasteiger partial charge on any atom is -0.497 e. The Morgan fingerprint density at radius 3 is 2.00 bits per heavy atom. The quantitative estimate of drug-likeness (QED) is 0.520. The number of amides is 2. The van der Waals surface area contributed by atoms with Gasteiger partial charge in [0.15, 0.2) is 6.10 Å². The number of methoxy groups -OCH3 is 1. The highest BCUT2D eigenvalue weighted by molar-refractivity contribution is 5.90. The van der Waals surface area contributed by atoms with E-state index in [1.807, 2.05) is 0 Å². The van der Waals surface area contributed by atoms with Crippen LogP contribution in [0.1, 0.15) is 32.4 Å². The average Bonchev–Trinajstić information content (AvgIpc) is 2.62. The Morgan fingerprint density at radius 2 is 1.61 bits per heavy atom. The number of alkyl halides is 3. The molecule has 1 aromatic rings. The van der Waals surface area contributed by atoms with Gasteiger partial charge in [-0.2, -0.15) is 13.2 Å². The largest absolute Gasteiger partial charge is 0.497 e. The van der Waals surface area contributed by atoms with Crippen LogP contribution in [0.2, 0.25) is 0 Å². The van der Waals surface area contributed by atoms with Crippen LogP contribution in [0.15, 0.2) is 24.3 Å².